The largest absolute Gasteiger partial charge is 0.318 e. The highest BCUT2D eigenvalue weighted by Gasteiger charge is 2.15. The average molecular weight is 202 g/mol. The van der Waals surface area contributed by atoms with Gasteiger partial charge in [-0.1, -0.05) is 11.6 Å². The standard InChI is InChI=1S/C9H9ClFNO/c1-5(13)9(12)7-4-6(10)2-3-8(7)11/h2-4,9H,12H2,1H3. The van der Waals surface area contributed by atoms with Gasteiger partial charge in [0.25, 0.3) is 0 Å². The topological polar surface area (TPSA) is 43.1 Å². The van der Waals surface area contributed by atoms with Crippen LogP contribution in [0, 0.1) is 5.82 Å². The molecular formula is C9H9ClFNO. The number of benzene rings is 1. The maximum atomic E-state index is 13.1. The fourth-order valence-corrected chi connectivity index (χ4v) is 1.15. The zero-order valence-electron chi connectivity index (χ0n) is 7.05. The maximum absolute atomic E-state index is 13.1. The van der Waals surface area contributed by atoms with Gasteiger partial charge >= 0.3 is 0 Å². The van der Waals surface area contributed by atoms with Crippen molar-refractivity contribution in [2.75, 3.05) is 0 Å². The van der Waals surface area contributed by atoms with Gasteiger partial charge in [-0.05, 0) is 25.1 Å². The van der Waals surface area contributed by atoms with Crippen LogP contribution in [-0.2, 0) is 4.79 Å². The van der Waals surface area contributed by atoms with Gasteiger partial charge in [0.15, 0.2) is 5.78 Å². The highest BCUT2D eigenvalue weighted by molar-refractivity contribution is 6.30. The van der Waals surface area contributed by atoms with Crippen molar-refractivity contribution in [2.45, 2.75) is 13.0 Å². The molecule has 0 amide bonds. The zero-order valence-corrected chi connectivity index (χ0v) is 7.81. The quantitative estimate of drug-likeness (QED) is 0.796. The van der Waals surface area contributed by atoms with Gasteiger partial charge in [0.1, 0.15) is 5.82 Å². The summed E-state index contributed by atoms with van der Waals surface area (Å²) in [4.78, 5) is 10.9. The molecule has 0 fully saturated rings. The number of Topliss-reactive ketones (excluding diaryl/α,β-unsaturated/α-hetero) is 1. The monoisotopic (exact) mass is 201 g/mol. The Bertz CT molecular complexity index is 340. The molecule has 2 nitrogen and oxygen atoms in total. The molecule has 0 aliphatic carbocycles. The van der Waals surface area contributed by atoms with Gasteiger partial charge in [0, 0.05) is 10.6 Å². The van der Waals surface area contributed by atoms with Crippen molar-refractivity contribution in [3.63, 3.8) is 0 Å². The van der Waals surface area contributed by atoms with E-state index < -0.39 is 11.9 Å². The number of nitrogens with two attached hydrogens (primary N) is 1. The van der Waals surface area contributed by atoms with E-state index in [0.717, 1.165) is 0 Å². The minimum atomic E-state index is -0.932. The lowest BCUT2D eigenvalue weighted by atomic mass is 10.0. The summed E-state index contributed by atoms with van der Waals surface area (Å²) in [5.74, 6) is -0.798. The molecule has 0 radical (unpaired) electrons. The summed E-state index contributed by atoms with van der Waals surface area (Å²) in [5.41, 5.74) is 5.60. The number of rotatable bonds is 2. The normalized spacial score (nSPS) is 12.6. The maximum Gasteiger partial charge on any atom is 0.151 e. The number of carbonyl (C=O) groups is 1. The summed E-state index contributed by atoms with van der Waals surface area (Å²) in [6.07, 6.45) is 0. The number of hydrogen-bond acceptors (Lipinski definition) is 2. The van der Waals surface area contributed by atoms with Gasteiger partial charge in [0.05, 0.1) is 6.04 Å². The molecule has 13 heavy (non-hydrogen) atoms. The van der Waals surface area contributed by atoms with Crippen LogP contribution >= 0.6 is 11.6 Å². The third-order valence-corrected chi connectivity index (χ3v) is 1.97. The van der Waals surface area contributed by atoms with Crippen LogP contribution in [-0.4, -0.2) is 5.78 Å². The van der Waals surface area contributed by atoms with E-state index in [2.05, 4.69) is 0 Å². The van der Waals surface area contributed by atoms with E-state index >= 15 is 0 Å². The summed E-state index contributed by atoms with van der Waals surface area (Å²) >= 11 is 5.63. The predicted octanol–water partition coefficient (Wildman–Crippen LogP) is 2.07. The molecule has 4 heteroatoms. The van der Waals surface area contributed by atoms with Crippen molar-refractivity contribution in [2.24, 2.45) is 5.73 Å². The van der Waals surface area contributed by atoms with Crippen LogP contribution < -0.4 is 5.73 Å². The van der Waals surface area contributed by atoms with E-state index in [1.807, 2.05) is 0 Å². The Morgan fingerprint density at radius 2 is 2.23 bits per heavy atom. The Balaban J connectivity index is 3.12. The van der Waals surface area contributed by atoms with Crippen LogP contribution in [0.15, 0.2) is 18.2 Å². The number of ketones is 1. The smallest absolute Gasteiger partial charge is 0.151 e. The molecule has 70 valence electrons. The lowest BCUT2D eigenvalue weighted by molar-refractivity contribution is -0.118. The Morgan fingerprint density at radius 1 is 1.62 bits per heavy atom. The SMILES string of the molecule is CC(=O)C(N)c1cc(Cl)ccc1F. The Kier molecular flexibility index (Phi) is 3.01. The summed E-state index contributed by atoms with van der Waals surface area (Å²) in [6, 6.07) is 3.04. The van der Waals surface area contributed by atoms with Gasteiger partial charge in [-0.25, -0.2) is 4.39 Å². The molecule has 1 atom stereocenters. The molecule has 0 aliphatic heterocycles. The number of hydrogen-bond donors (Lipinski definition) is 1. The molecule has 0 saturated carbocycles. The first-order valence-electron chi connectivity index (χ1n) is 3.73. The highest BCUT2D eigenvalue weighted by atomic mass is 35.5. The van der Waals surface area contributed by atoms with Crippen molar-refractivity contribution in [3.8, 4) is 0 Å². The van der Waals surface area contributed by atoms with E-state index in [1.54, 1.807) is 0 Å². The van der Waals surface area contributed by atoms with Crippen LogP contribution in [0.4, 0.5) is 4.39 Å². The van der Waals surface area contributed by atoms with Crippen LogP contribution in [0.1, 0.15) is 18.5 Å². The van der Waals surface area contributed by atoms with E-state index in [1.165, 1.54) is 25.1 Å². The molecule has 0 heterocycles. The molecular weight excluding hydrogens is 193 g/mol. The van der Waals surface area contributed by atoms with Crippen LogP contribution in [0.5, 0.6) is 0 Å². The van der Waals surface area contributed by atoms with Crippen molar-refractivity contribution in [3.05, 3.63) is 34.6 Å². The summed E-state index contributed by atoms with van der Waals surface area (Å²) < 4.78 is 13.1. The van der Waals surface area contributed by atoms with Crippen LogP contribution in [0.3, 0.4) is 0 Å². The lowest BCUT2D eigenvalue weighted by Crippen LogP contribution is -2.19. The third kappa shape index (κ3) is 2.26. The summed E-state index contributed by atoms with van der Waals surface area (Å²) in [5, 5.41) is 0.369. The van der Waals surface area contributed by atoms with Crippen molar-refractivity contribution in [1.82, 2.24) is 0 Å². The first kappa shape index (κ1) is 10.2. The molecule has 0 spiro atoms. The Labute approximate surface area is 80.5 Å². The minimum absolute atomic E-state index is 0.139. The molecule has 0 bridgehead atoms. The van der Waals surface area contributed by atoms with Gasteiger partial charge in [-0.2, -0.15) is 0 Å². The van der Waals surface area contributed by atoms with E-state index in [0.29, 0.717) is 5.02 Å². The predicted molar refractivity (Wildman–Crippen MR) is 49.0 cm³/mol. The van der Waals surface area contributed by atoms with Crippen LogP contribution in [0.2, 0.25) is 5.02 Å². The number of carbonyl (C=O) groups excluding carboxylic acids is 1. The first-order valence-corrected chi connectivity index (χ1v) is 4.11. The first-order chi connectivity index (χ1) is 6.02. The Hall–Kier alpha value is -0.930. The minimum Gasteiger partial charge on any atom is -0.318 e. The van der Waals surface area contributed by atoms with Gasteiger partial charge < -0.3 is 5.73 Å². The van der Waals surface area contributed by atoms with E-state index in [4.69, 9.17) is 17.3 Å². The summed E-state index contributed by atoms with van der Waals surface area (Å²) in [6.45, 7) is 1.31. The second-order valence-electron chi connectivity index (χ2n) is 2.75. The summed E-state index contributed by atoms with van der Waals surface area (Å²) in [7, 11) is 0. The number of halogens is 2. The molecule has 2 N–H and O–H groups in total. The van der Waals surface area contributed by atoms with Crippen molar-refractivity contribution < 1.29 is 9.18 Å². The van der Waals surface area contributed by atoms with Gasteiger partial charge in [-0.3, -0.25) is 4.79 Å². The molecule has 1 unspecified atom stereocenters. The van der Waals surface area contributed by atoms with E-state index in [9.17, 15) is 9.18 Å². The third-order valence-electron chi connectivity index (χ3n) is 1.73. The fraction of sp³-hybridized carbons (Fsp3) is 0.222. The molecule has 0 aromatic heterocycles. The van der Waals surface area contributed by atoms with Crippen molar-refractivity contribution in [1.29, 1.82) is 0 Å². The zero-order chi connectivity index (χ0) is 10.0. The highest BCUT2D eigenvalue weighted by Crippen LogP contribution is 2.20. The molecule has 0 saturated heterocycles. The average Bonchev–Trinajstić information content (AvgIpc) is 2.08. The second-order valence-corrected chi connectivity index (χ2v) is 3.19. The molecule has 1 rings (SSSR count). The van der Waals surface area contributed by atoms with Crippen molar-refractivity contribution >= 4 is 17.4 Å². The molecule has 0 aliphatic rings. The molecule has 1 aromatic rings. The molecule has 1 aromatic carbocycles. The van der Waals surface area contributed by atoms with E-state index in [-0.39, 0.29) is 11.3 Å². The Morgan fingerprint density at radius 3 is 2.77 bits per heavy atom. The fourth-order valence-electron chi connectivity index (χ4n) is 0.972. The van der Waals surface area contributed by atoms with Gasteiger partial charge in [-0.15, -0.1) is 0 Å². The van der Waals surface area contributed by atoms with Gasteiger partial charge in [0.2, 0.25) is 0 Å². The van der Waals surface area contributed by atoms with Crippen LogP contribution in [0.25, 0.3) is 0 Å². The lowest BCUT2D eigenvalue weighted by Gasteiger charge is -2.09. The second kappa shape index (κ2) is 3.85.